The van der Waals surface area contributed by atoms with E-state index in [0.29, 0.717) is 16.9 Å². The van der Waals surface area contributed by atoms with Gasteiger partial charge in [-0.25, -0.2) is 9.37 Å². The van der Waals surface area contributed by atoms with Gasteiger partial charge in [-0.1, -0.05) is 0 Å². The minimum atomic E-state index is -0.404. The minimum Gasteiger partial charge on any atom is -0.398 e. The Kier molecular flexibility index (Phi) is 3.47. The molecule has 1 atom stereocenters. The third-order valence-electron chi connectivity index (χ3n) is 3.24. The molecule has 21 heavy (non-hydrogen) atoms. The smallest absolute Gasteiger partial charge is 0.150 e. The zero-order valence-corrected chi connectivity index (χ0v) is 12.5. The number of fused-ring (bicyclic) bond motifs is 1. The van der Waals surface area contributed by atoms with Crippen molar-refractivity contribution in [3.63, 3.8) is 0 Å². The number of nitrogens with zero attached hydrogens (tertiary/aromatic N) is 2. The van der Waals surface area contributed by atoms with Gasteiger partial charge in [-0.05, 0) is 32.0 Å². The average molecular weight is 302 g/mol. The number of nitrogens with two attached hydrogens (primary N) is 1. The molecule has 0 aliphatic carbocycles. The van der Waals surface area contributed by atoms with Gasteiger partial charge in [-0.3, -0.25) is 4.98 Å². The Morgan fingerprint density at radius 2 is 2.24 bits per heavy atom. The summed E-state index contributed by atoms with van der Waals surface area (Å²) in [6, 6.07) is 4.84. The number of anilines is 2. The van der Waals surface area contributed by atoms with Gasteiger partial charge in [0.15, 0.2) is 5.82 Å². The fourth-order valence-corrected chi connectivity index (χ4v) is 3.03. The van der Waals surface area contributed by atoms with Gasteiger partial charge in [0.05, 0.1) is 17.2 Å². The topological polar surface area (TPSA) is 63.8 Å². The van der Waals surface area contributed by atoms with Crippen molar-refractivity contribution in [3.05, 3.63) is 46.3 Å². The maximum absolute atomic E-state index is 14.3. The second-order valence-electron chi connectivity index (χ2n) is 4.92. The minimum absolute atomic E-state index is 0.105. The maximum atomic E-state index is 14.3. The molecule has 4 nitrogen and oxygen atoms in total. The summed E-state index contributed by atoms with van der Waals surface area (Å²) in [6.45, 7) is 3.89. The van der Waals surface area contributed by atoms with E-state index in [-0.39, 0.29) is 6.04 Å². The Balaban J connectivity index is 2.04. The molecule has 0 amide bonds. The third kappa shape index (κ3) is 2.54. The Morgan fingerprint density at radius 1 is 1.43 bits per heavy atom. The molecule has 108 valence electrons. The molecule has 1 unspecified atom stereocenters. The SMILES string of the molecule is Cc1csc(C(C)Nc2c(F)cc(N)c3cccnc23)n1. The van der Waals surface area contributed by atoms with Crippen LogP contribution in [-0.4, -0.2) is 9.97 Å². The summed E-state index contributed by atoms with van der Waals surface area (Å²) >= 11 is 1.55. The van der Waals surface area contributed by atoms with Gasteiger partial charge >= 0.3 is 0 Å². The summed E-state index contributed by atoms with van der Waals surface area (Å²) in [5, 5.41) is 6.79. The van der Waals surface area contributed by atoms with E-state index in [1.54, 1.807) is 23.6 Å². The standard InChI is InChI=1S/C15H15FN4S/c1-8-7-21-15(19-8)9(2)20-14-11(16)6-12(17)10-4-3-5-18-13(10)14/h3-7,9,20H,17H2,1-2H3. The maximum Gasteiger partial charge on any atom is 0.150 e. The van der Waals surface area contributed by atoms with Gasteiger partial charge in [0.25, 0.3) is 0 Å². The van der Waals surface area contributed by atoms with Crippen molar-refractivity contribution in [1.29, 1.82) is 0 Å². The zero-order valence-electron chi connectivity index (χ0n) is 11.7. The number of nitrogens with one attached hydrogen (secondary N) is 1. The average Bonchev–Trinajstić information content (AvgIpc) is 2.90. The molecule has 3 aromatic rings. The van der Waals surface area contributed by atoms with Crippen LogP contribution in [0.15, 0.2) is 29.8 Å². The molecule has 0 aliphatic heterocycles. The summed E-state index contributed by atoms with van der Waals surface area (Å²) in [6.07, 6.45) is 1.63. The van der Waals surface area contributed by atoms with Crippen molar-refractivity contribution in [1.82, 2.24) is 9.97 Å². The first-order valence-electron chi connectivity index (χ1n) is 6.57. The molecule has 0 spiro atoms. The molecule has 2 aromatic heterocycles. The van der Waals surface area contributed by atoms with E-state index in [4.69, 9.17) is 5.73 Å². The van der Waals surface area contributed by atoms with Crippen LogP contribution in [0.25, 0.3) is 10.9 Å². The first-order valence-corrected chi connectivity index (χ1v) is 7.45. The summed E-state index contributed by atoms with van der Waals surface area (Å²) in [5.74, 6) is -0.404. The van der Waals surface area contributed by atoms with Crippen molar-refractivity contribution in [2.24, 2.45) is 0 Å². The number of halogens is 1. The van der Waals surface area contributed by atoms with Crippen molar-refractivity contribution in [3.8, 4) is 0 Å². The zero-order chi connectivity index (χ0) is 15.0. The van der Waals surface area contributed by atoms with E-state index >= 15 is 0 Å². The number of rotatable bonds is 3. The van der Waals surface area contributed by atoms with Gasteiger partial charge in [0.1, 0.15) is 5.01 Å². The van der Waals surface area contributed by atoms with Crippen LogP contribution >= 0.6 is 11.3 Å². The Morgan fingerprint density at radius 3 is 2.95 bits per heavy atom. The van der Waals surface area contributed by atoms with Crippen molar-refractivity contribution in [2.45, 2.75) is 19.9 Å². The lowest BCUT2D eigenvalue weighted by atomic mass is 10.1. The quantitative estimate of drug-likeness (QED) is 0.720. The molecule has 0 saturated carbocycles. The van der Waals surface area contributed by atoms with Crippen LogP contribution in [0, 0.1) is 12.7 Å². The predicted octanol–water partition coefficient (Wildman–Crippen LogP) is 3.89. The van der Waals surface area contributed by atoms with Crippen LogP contribution in [0.2, 0.25) is 0 Å². The number of aryl methyl sites for hydroxylation is 1. The molecular formula is C15H15FN4S. The summed E-state index contributed by atoms with van der Waals surface area (Å²) in [5.41, 5.74) is 8.10. The van der Waals surface area contributed by atoms with Crippen LogP contribution in [0.3, 0.4) is 0 Å². The van der Waals surface area contributed by atoms with Gasteiger partial charge in [0.2, 0.25) is 0 Å². The molecule has 2 heterocycles. The molecule has 0 fully saturated rings. The Bertz CT molecular complexity index is 799. The van der Waals surface area contributed by atoms with E-state index in [9.17, 15) is 4.39 Å². The molecule has 6 heteroatoms. The molecule has 3 rings (SSSR count). The molecule has 1 aromatic carbocycles. The third-order valence-corrected chi connectivity index (χ3v) is 4.39. The van der Waals surface area contributed by atoms with Gasteiger partial charge < -0.3 is 11.1 Å². The molecular weight excluding hydrogens is 287 g/mol. The largest absolute Gasteiger partial charge is 0.398 e. The van der Waals surface area contributed by atoms with Gasteiger partial charge in [-0.15, -0.1) is 11.3 Å². The second kappa shape index (κ2) is 5.29. The number of pyridine rings is 1. The van der Waals surface area contributed by atoms with E-state index in [1.165, 1.54) is 6.07 Å². The fraction of sp³-hybridized carbons (Fsp3) is 0.200. The van der Waals surface area contributed by atoms with Crippen LogP contribution in [0.1, 0.15) is 23.7 Å². The first kappa shape index (κ1) is 13.8. The molecule has 3 N–H and O–H groups in total. The Hall–Kier alpha value is -2.21. The number of nitrogen functional groups attached to an aromatic ring is 1. The van der Waals surface area contributed by atoms with E-state index < -0.39 is 5.82 Å². The van der Waals surface area contributed by atoms with Crippen LogP contribution < -0.4 is 11.1 Å². The monoisotopic (exact) mass is 302 g/mol. The van der Waals surface area contributed by atoms with E-state index in [1.807, 2.05) is 25.3 Å². The Labute approximate surface area is 125 Å². The highest BCUT2D eigenvalue weighted by Gasteiger charge is 2.16. The van der Waals surface area contributed by atoms with Crippen LogP contribution in [0.4, 0.5) is 15.8 Å². The normalized spacial score (nSPS) is 12.5. The van der Waals surface area contributed by atoms with E-state index in [0.717, 1.165) is 16.1 Å². The second-order valence-corrected chi connectivity index (χ2v) is 5.81. The highest BCUT2D eigenvalue weighted by Crippen LogP contribution is 2.32. The highest BCUT2D eigenvalue weighted by molar-refractivity contribution is 7.09. The van der Waals surface area contributed by atoms with Gasteiger partial charge in [-0.2, -0.15) is 0 Å². The molecule has 0 radical (unpaired) electrons. The lowest BCUT2D eigenvalue weighted by Crippen LogP contribution is -2.09. The number of thiazole rings is 1. The molecule has 0 aliphatic rings. The number of benzene rings is 1. The molecule has 0 saturated heterocycles. The van der Waals surface area contributed by atoms with Crippen molar-refractivity contribution in [2.75, 3.05) is 11.1 Å². The summed E-state index contributed by atoms with van der Waals surface area (Å²) in [7, 11) is 0. The van der Waals surface area contributed by atoms with Crippen molar-refractivity contribution < 1.29 is 4.39 Å². The fourth-order valence-electron chi connectivity index (χ4n) is 2.22. The van der Waals surface area contributed by atoms with E-state index in [2.05, 4.69) is 15.3 Å². The summed E-state index contributed by atoms with van der Waals surface area (Å²) < 4.78 is 14.3. The highest BCUT2D eigenvalue weighted by atomic mass is 32.1. The van der Waals surface area contributed by atoms with Crippen molar-refractivity contribution >= 4 is 33.6 Å². The number of hydrogen-bond acceptors (Lipinski definition) is 5. The predicted molar refractivity (Wildman–Crippen MR) is 85.0 cm³/mol. The van der Waals surface area contributed by atoms with Crippen LogP contribution in [-0.2, 0) is 0 Å². The lowest BCUT2D eigenvalue weighted by Gasteiger charge is -2.16. The number of aromatic nitrogens is 2. The number of hydrogen-bond donors (Lipinski definition) is 2. The molecule has 0 bridgehead atoms. The van der Waals surface area contributed by atoms with Crippen LogP contribution in [0.5, 0.6) is 0 Å². The van der Waals surface area contributed by atoms with Gasteiger partial charge in [0, 0.05) is 28.3 Å². The first-order chi connectivity index (χ1) is 10.1. The summed E-state index contributed by atoms with van der Waals surface area (Å²) in [4.78, 5) is 8.68. The lowest BCUT2D eigenvalue weighted by molar-refractivity contribution is 0.629.